The summed E-state index contributed by atoms with van der Waals surface area (Å²) in [6, 6.07) is 16.9. The minimum Gasteiger partial charge on any atom is -0.507 e. The van der Waals surface area contributed by atoms with E-state index < -0.39 is 0 Å². The molecule has 10 nitrogen and oxygen atoms in total. The van der Waals surface area contributed by atoms with Crippen LogP contribution in [-0.4, -0.2) is 55.5 Å². The fraction of sp³-hybridized carbons (Fsp3) is 0.200. The molecule has 2 aromatic carbocycles. The Balaban J connectivity index is 0.000000249. The largest absolute Gasteiger partial charge is 0.507 e. The van der Waals surface area contributed by atoms with Crippen LogP contribution in [0.25, 0.3) is 0 Å². The number of ether oxygens (including phenoxy) is 5. The van der Waals surface area contributed by atoms with Gasteiger partial charge in [0.15, 0.2) is 26.2 Å². The number of rotatable bonds is 12. The molecule has 13 heteroatoms. The fourth-order valence-corrected chi connectivity index (χ4v) is 3.76. The first-order valence-electron chi connectivity index (χ1n) is 12.4. The molecule has 0 saturated heterocycles. The number of nitrogens with zero attached hydrogens (tertiary/aromatic N) is 2. The quantitative estimate of drug-likeness (QED) is 0.0759. The van der Waals surface area contributed by atoms with Crippen molar-refractivity contribution in [3.63, 3.8) is 0 Å². The zero-order chi connectivity index (χ0) is 31.5. The third kappa shape index (κ3) is 11.7. The highest BCUT2D eigenvalue weighted by atomic mass is 35.5. The van der Waals surface area contributed by atoms with E-state index in [1.807, 2.05) is 12.1 Å². The molecule has 2 aromatic heterocycles. The lowest BCUT2D eigenvalue weighted by Crippen LogP contribution is -2.04. The summed E-state index contributed by atoms with van der Waals surface area (Å²) in [6.07, 6.45) is 4.46. The number of hydrogen-bond acceptors (Lipinski definition) is 10. The summed E-state index contributed by atoms with van der Waals surface area (Å²) in [5.41, 5.74) is 2.08. The molecule has 0 unspecified atom stereocenters. The molecule has 43 heavy (non-hydrogen) atoms. The van der Waals surface area contributed by atoms with Crippen LogP contribution in [0.1, 0.15) is 31.8 Å². The van der Waals surface area contributed by atoms with E-state index in [-0.39, 0.29) is 31.5 Å². The van der Waals surface area contributed by atoms with Gasteiger partial charge in [-0.3, -0.25) is 9.59 Å². The number of carbonyl (C=O) groups excluding carboxylic acids is 2. The van der Waals surface area contributed by atoms with E-state index in [2.05, 4.69) is 14.7 Å². The topological polar surface area (TPSA) is 126 Å². The van der Waals surface area contributed by atoms with Crippen molar-refractivity contribution in [1.82, 2.24) is 9.97 Å². The van der Waals surface area contributed by atoms with E-state index in [0.717, 1.165) is 11.1 Å². The summed E-state index contributed by atoms with van der Waals surface area (Å²) in [4.78, 5) is 29.6. The summed E-state index contributed by atoms with van der Waals surface area (Å²) >= 11 is 17.1. The van der Waals surface area contributed by atoms with Crippen molar-refractivity contribution >= 4 is 47.4 Å². The third-order valence-electron chi connectivity index (χ3n) is 5.17. The number of aromatic hydroxyl groups is 1. The van der Waals surface area contributed by atoms with Gasteiger partial charge < -0.3 is 28.8 Å². The van der Waals surface area contributed by atoms with Crippen molar-refractivity contribution in [2.24, 2.45) is 0 Å². The number of methoxy groups -OCH3 is 2. The molecule has 1 N–H and O–H groups in total. The van der Waals surface area contributed by atoms with E-state index in [0.29, 0.717) is 51.6 Å². The number of hydrogen-bond donors (Lipinski definition) is 1. The Labute approximate surface area is 264 Å². The Bertz CT molecular complexity index is 1440. The van der Waals surface area contributed by atoms with Gasteiger partial charge in [0.2, 0.25) is 0 Å². The minimum atomic E-state index is -0.0939. The van der Waals surface area contributed by atoms with Gasteiger partial charge in [0, 0.05) is 37.7 Å². The molecule has 0 saturated carbocycles. The first-order chi connectivity index (χ1) is 20.9. The van der Waals surface area contributed by atoms with Crippen LogP contribution in [0.4, 0.5) is 0 Å². The maximum absolute atomic E-state index is 11.3. The van der Waals surface area contributed by atoms with E-state index in [1.54, 1.807) is 54.9 Å². The van der Waals surface area contributed by atoms with Gasteiger partial charge in [-0.2, -0.15) is 0 Å². The SMILES string of the molecule is COCOc1cccc(O)c1C=O.COCOc1cccc(OCc2cccnc2Cl)c1C=O.ClCc1cccnc1Cl. The zero-order valence-electron chi connectivity index (χ0n) is 23.2. The first-order valence-corrected chi connectivity index (χ1v) is 13.6. The number of phenolic OH excluding ortho intramolecular Hbond substituents is 1. The fourth-order valence-electron chi connectivity index (χ4n) is 3.11. The normalized spacial score (nSPS) is 9.88. The van der Waals surface area contributed by atoms with Crippen molar-refractivity contribution in [3.8, 4) is 23.0 Å². The summed E-state index contributed by atoms with van der Waals surface area (Å²) in [7, 11) is 2.98. The predicted octanol–water partition coefficient (Wildman–Crippen LogP) is 6.77. The van der Waals surface area contributed by atoms with Gasteiger partial charge in [0.1, 0.15) is 39.9 Å². The number of phenols is 1. The number of alkyl halides is 1. The average molecular weight is 652 g/mol. The number of benzene rings is 2. The molecule has 0 aliphatic rings. The van der Waals surface area contributed by atoms with Crippen LogP contribution in [0.15, 0.2) is 73.1 Å². The van der Waals surface area contributed by atoms with E-state index in [9.17, 15) is 14.7 Å². The molecular weight excluding hydrogens is 623 g/mol. The molecule has 4 aromatic rings. The molecule has 0 atom stereocenters. The lowest BCUT2D eigenvalue weighted by atomic mass is 10.2. The highest BCUT2D eigenvalue weighted by Gasteiger charge is 2.11. The number of aromatic nitrogens is 2. The highest BCUT2D eigenvalue weighted by Crippen LogP contribution is 2.28. The zero-order valence-corrected chi connectivity index (χ0v) is 25.5. The molecule has 0 bridgehead atoms. The molecular formula is C30H29Cl3N2O8. The number of carbonyl (C=O) groups is 2. The van der Waals surface area contributed by atoms with Crippen molar-refractivity contribution < 1.29 is 38.4 Å². The first kappa shape index (κ1) is 35.3. The number of pyridine rings is 2. The van der Waals surface area contributed by atoms with E-state index in [4.69, 9.17) is 53.8 Å². The molecule has 0 aliphatic heterocycles. The van der Waals surface area contributed by atoms with Gasteiger partial charge >= 0.3 is 0 Å². The standard InChI is InChI=1S/C15H14ClNO4.C9H10O4.C6H5Cl2N/c1-19-10-21-14-6-2-5-13(12(14)8-18)20-9-11-4-3-7-17-15(11)16;1-12-6-13-9-4-2-3-8(11)7(9)5-10;7-4-5-2-1-3-9-6(5)8/h2-8H,9-10H2,1H3;2-5,11H,6H2,1H3;1-3H,4H2. The van der Waals surface area contributed by atoms with Crippen LogP contribution in [0.3, 0.4) is 0 Å². The maximum atomic E-state index is 11.3. The van der Waals surface area contributed by atoms with E-state index >= 15 is 0 Å². The van der Waals surface area contributed by atoms with Crippen LogP contribution >= 0.6 is 34.8 Å². The monoisotopic (exact) mass is 650 g/mol. The summed E-state index contributed by atoms with van der Waals surface area (Å²) in [5, 5.41) is 10.1. The summed E-state index contributed by atoms with van der Waals surface area (Å²) < 4.78 is 25.5. The number of aldehydes is 2. The van der Waals surface area contributed by atoms with Crippen molar-refractivity contribution in [2.45, 2.75) is 12.5 Å². The molecule has 0 spiro atoms. The molecule has 0 aliphatic carbocycles. The van der Waals surface area contributed by atoms with Crippen LogP contribution in [0.2, 0.25) is 10.3 Å². The molecule has 0 amide bonds. The van der Waals surface area contributed by atoms with E-state index in [1.165, 1.54) is 20.3 Å². The van der Waals surface area contributed by atoms with Crippen LogP contribution < -0.4 is 14.2 Å². The Kier molecular flexibility index (Phi) is 16.5. The number of halogens is 3. The second kappa shape index (κ2) is 20.1. The van der Waals surface area contributed by atoms with Gasteiger partial charge in [-0.1, -0.05) is 47.5 Å². The maximum Gasteiger partial charge on any atom is 0.188 e. The molecule has 0 fully saturated rings. The molecule has 4 rings (SSSR count). The lowest BCUT2D eigenvalue weighted by molar-refractivity contribution is 0.0501. The van der Waals surface area contributed by atoms with Crippen LogP contribution in [-0.2, 0) is 22.0 Å². The minimum absolute atomic E-state index is 0.0459. The van der Waals surface area contributed by atoms with Gasteiger partial charge in [-0.25, -0.2) is 9.97 Å². The lowest BCUT2D eigenvalue weighted by Gasteiger charge is -2.12. The molecule has 2 heterocycles. The van der Waals surface area contributed by atoms with Crippen molar-refractivity contribution in [2.75, 3.05) is 27.8 Å². The van der Waals surface area contributed by atoms with Gasteiger partial charge in [-0.05, 0) is 36.4 Å². The summed E-state index contributed by atoms with van der Waals surface area (Å²) in [6.45, 7) is 0.310. The second-order valence-electron chi connectivity index (χ2n) is 8.02. The third-order valence-corrected chi connectivity index (χ3v) is 6.14. The van der Waals surface area contributed by atoms with Crippen LogP contribution in [0.5, 0.6) is 23.0 Å². The van der Waals surface area contributed by atoms with Crippen molar-refractivity contribution in [3.05, 3.63) is 106 Å². The van der Waals surface area contributed by atoms with Gasteiger partial charge in [-0.15, -0.1) is 11.6 Å². The van der Waals surface area contributed by atoms with Gasteiger partial charge in [0.05, 0.1) is 17.0 Å². The highest BCUT2D eigenvalue weighted by molar-refractivity contribution is 6.31. The van der Waals surface area contributed by atoms with Crippen molar-refractivity contribution in [1.29, 1.82) is 0 Å². The molecule has 0 radical (unpaired) electrons. The Morgan fingerprint density at radius 1 is 0.698 bits per heavy atom. The van der Waals surface area contributed by atoms with Crippen LogP contribution in [0, 0.1) is 0 Å². The Hall–Kier alpha value is -3.93. The smallest absolute Gasteiger partial charge is 0.188 e. The average Bonchev–Trinajstić information content (AvgIpc) is 3.03. The summed E-state index contributed by atoms with van der Waals surface area (Å²) in [5.74, 6) is 1.47. The Morgan fingerprint density at radius 2 is 1.19 bits per heavy atom. The predicted molar refractivity (Wildman–Crippen MR) is 163 cm³/mol. The van der Waals surface area contributed by atoms with Gasteiger partial charge in [0.25, 0.3) is 0 Å². The second-order valence-corrected chi connectivity index (χ2v) is 9.01. The Morgan fingerprint density at radius 3 is 1.65 bits per heavy atom. The molecule has 228 valence electrons.